The third kappa shape index (κ3) is 3.19. The first-order valence-corrected chi connectivity index (χ1v) is 8.14. The summed E-state index contributed by atoms with van der Waals surface area (Å²) in [7, 11) is 0. The number of hydrogen-bond donors (Lipinski definition) is 1. The van der Waals surface area contributed by atoms with Crippen molar-refractivity contribution in [3.05, 3.63) is 45.8 Å². The fourth-order valence-electron chi connectivity index (χ4n) is 2.56. The Balaban J connectivity index is 1.52. The highest BCUT2D eigenvalue weighted by Gasteiger charge is 2.12. The average Bonchev–Trinajstić information content (AvgIpc) is 3.12. The minimum absolute atomic E-state index is 0.880. The van der Waals surface area contributed by atoms with Crippen LogP contribution in [0.5, 0.6) is 0 Å². The number of aromatic nitrogens is 1. The summed E-state index contributed by atoms with van der Waals surface area (Å²) in [5.41, 5.74) is 2.63. The second-order valence-corrected chi connectivity index (χ2v) is 6.35. The van der Waals surface area contributed by atoms with Gasteiger partial charge in [0, 0.05) is 37.3 Å². The summed E-state index contributed by atoms with van der Waals surface area (Å²) in [5.74, 6) is 1.13. The van der Waals surface area contributed by atoms with Crippen LogP contribution in [0.25, 0.3) is 0 Å². The fraction of sp³-hybridized carbons (Fsp3) is 0.438. The van der Waals surface area contributed by atoms with Gasteiger partial charge in [-0.3, -0.25) is 0 Å². The zero-order chi connectivity index (χ0) is 13.8. The summed E-state index contributed by atoms with van der Waals surface area (Å²) in [6.07, 6.45) is 4.60. The lowest BCUT2D eigenvalue weighted by atomic mass is 10.2. The minimum atomic E-state index is 0.880. The van der Waals surface area contributed by atoms with Crippen molar-refractivity contribution in [1.29, 1.82) is 0 Å². The molecule has 0 aliphatic carbocycles. The summed E-state index contributed by atoms with van der Waals surface area (Å²) >= 11 is 1.82. The maximum atomic E-state index is 4.58. The monoisotopic (exact) mass is 287 g/mol. The molecule has 2 aromatic heterocycles. The molecule has 106 valence electrons. The molecule has 1 N–H and O–H groups in total. The summed E-state index contributed by atoms with van der Waals surface area (Å²) in [6.45, 7) is 6.30. The molecular formula is C16H21N3S. The maximum Gasteiger partial charge on any atom is 0.128 e. The Labute approximate surface area is 124 Å². The SMILES string of the molecule is Cc1ccsc1CNCc1ccc(N2CCCC2)nc1. The van der Waals surface area contributed by atoms with Gasteiger partial charge in [0.05, 0.1) is 0 Å². The normalized spacial score (nSPS) is 14.9. The molecule has 2 aromatic rings. The molecule has 3 nitrogen and oxygen atoms in total. The van der Waals surface area contributed by atoms with Crippen LogP contribution in [0, 0.1) is 6.92 Å². The van der Waals surface area contributed by atoms with E-state index < -0.39 is 0 Å². The van der Waals surface area contributed by atoms with Crippen LogP contribution in [0.4, 0.5) is 5.82 Å². The summed E-state index contributed by atoms with van der Waals surface area (Å²) in [5, 5.41) is 5.64. The van der Waals surface area contributed by atoms with E-state index in [-0.39, 0.29) is 0 Å². The average molecular weight is 287 g/mol. The van der Waals surface area contributed by atoms with Crippen LogP contribution in [0.15, 0.2) is 29.8 Å². The van der Waals surface area contributed by atoms with Gasteiger partial charge in [-0.1, -0.05) is 6.07 Å². The smallest absolute Gasteiger partial charge is 0.128 e. The van der Waals surface area contributed by atoms with Crippen LogP contribution in [0.1, 0.15) is 28.8 Å². The van der Waals surface area contributed by atoms with Gasteiger partial charge in [-0.05, 0) is 48.4 Å². The predicted octanol–water partition coefficient (Wildman–Crippen LogP) is 3.34. The fourth-order valence-corrected chi connectivity index (χ4v) is 3.44. The molecule has 20 heavy (non-hydrogen) atoms. The van der Waals surface area contributed by atoms with E-state index in [4.69, 9.17) is 0 Å². The molecule has 1 aliphatic rings. The first kappa shape index (κ1) is 13.6. The van der Waals surface area contributed by atoms with Gasteiger partial charge in [0.25, 0.3) is 0 Å². The molecule has 0 unspecified atom stereocenters. The van der Waals surface area contributed by atoms with Crippen LogP contribution in [0.3, 0.4) is 0 Å². The molecule has 0 aromatic carbocycles. The van der Waals surface area contributed by atoms with Gasteiger partial charge in [0.1, 0.15) is 5.82 Å². The Morgan fingerprint density at radius 1 is 1.20 bits per heavy atom. The number of nitrogens with zero attached hydrogens (tertiary/aromatic N) is 2. The van der Waals surface area contributed by atoms with Crippen molar-refractivity contribution in [1.82, 2.24) is 10.3 Å². The van der Waals surface area contributed by atoms with Crippen molar-refractivity contribution in [2.24, 2.45) is 0 Å². The van der Waals surface area contributed by atoms with Gasteiger partial charge >= 0.3 is 0 Å². The van der Waals surface area contributed by atoms with Crippen molar-refractivity contribution < 1.29 is 0 Å². The van der Waals surface area contributed by atoms with Gasteiger partial charge in [-0.25, -0.2) is 4.98 Å². The largest absolute Gasteiger partial charge is 0.357 e. The molecule has 0 saturated carbocycles. The lowest BCUT2D eigenvalue weighted by Gasteiger charge is -2.16. The Hall–Kier alpha value is -1.39. The summed E-state index contributed by atoms with van der Waals surface area (Å²) in [4.78, 5) is 8.37. The number of rotatable bonds is 5. The standard InChI is InChI=1S/C16H21N3S/c1-13-6-9-20-15(13)12-17-10-14-4-5-16(18-11-14)19-7-2-3-8-19/h4-6,9,11,17H,2-3,7-8,10,12H2,1H3. The molecule has 0 radical (unpaired) electrons. The van der Waals surface area contributed by atoms with Crippen molar-refractivity contribution in [3.63, 3.8) is 0 Å². The van der Waals surface area contributed by atoms with Gasteiger partial charge in [-0.15, -0.1) is 11.3 Å². The highest BCUT2D eigenvalue weighted by molar-refractivity contribution is 7.10. The molecule has 3 heterocycles. The van der Waals surface area contributed by atoms with Crippen molar-refractivity contribution in [3.8, 4) is 0 Å². The third-order valence-electron chi connectivity index (χ3n) is 3.82. The van der Waals surface area contributed by atoms with E-state index in [1.54, 1.807) is 0 Å². The molecule has 0 atom stereocenters. The van der Waals surface area contributed by atoms with Crippen molar-refractivity contribution in [2.45, 2.75) is 32.9 Å². The molecule has 1 fully saturated rings. The second-order valence-electron chi connectivity index (χ2n) is 5.35. The summed E-state index contributed by atoms with van der Waals surface area (Å²) < 4.78 is 0. The highest BCUT2D eigenvalue weighted by atomic mass is 32.1. The van der Waals surface area contributed by atoms with Gasteiger partial charge in [0.15, 0.2) is 0 Å². The van der Waals surface area contributed by atoms with Gasteiger partial charge in [-0.2, -0.15) is 0 Å². The molecule has 1 saturated heterocycles. The zero-order valence-electron chi connectivity index (χ0n) is 11.9. The first-order valence-electron chi connectivity index (χ1n) is 7.26. The number of anilines is 1. The quantitative estimate of drug-likeness (QED) is 0.914. The summed E-state index contributed by atoms with van der Waals surface area (Å²) in [6, 6.07) is 6.52. The van der Waals surface area contributed by atoms with Crippen LogP contribution in [-0.2, 0) is 13.1 Å². The Morgan fingerprint density at radius 3 is 2.70 bits per heavy atom. The number of pyridine rings is 1. The Bertz CT molecular complexity index is 541. The maximum absolute atomic E-state index is 4.58. The molecular weight excluding hydrogens is 266 g/mol. The van der Waals surface area contributed by atoms with E-state index in [2.05, 4.69) is 45.7 Å². The first-order chi connectivity index (χ1) is 9.83. The van der Waals surface area contributed by atoms with Crippen LogP contribution < -0.4 is 10.2 Å². The molecule has 0 bridgehead atoms. The lowest BCUT2D eigenvalue weighted by molar-refractivity contribution is 0.696. The Kier molecular flexibility index (Phi) is 4.33. The number of thiophene rings is 1. The van der Waals surface area contributed by atoms with Gasteiger partial charge in [0.2, 0.25) is 0 Å². The molecule has 0 spiro atoms. The highest BCUT2D eigenvalue weighted by Crippen LogP contribution is 2.18. The molecule has 3 rings (SSSR count). The van der Waals surface area contributed by atoms with Crippen LogP contribution >= 0.6 is 11.3 Å². The van der Waals surface area contributed by atoms with Crippen molar-refractivity contribution >= 4 is 17.2 Å². The van der Waals surface area contributed by atoms with E-state index in [0.29, 0.717) is 0 Å². The lowest BCUT2D eigenvalue weighted by Crippen LogP contribution is -2.19. The number of hydrogen-bond acceptors (Lipinski definition) is 4. The Morgan fingerprint density at radius 2 is 2.05 bits per heavy atom. The van der Waals surface area contributed by atoms with E-state index >= 15 is 0 Å². The van der Waals surface area contributed by atoms with E-state index in [0.717, 1.165) is 32.0 Å². The number of aryl methyl sites for hydroxylation is 1. The predicted molar refractivity (Wildman–Crippen MR) is 85.3 cm³/mol. The zero-order valence-corrected chi connectivity index (χ0v) is 12.7. The van der Waals surface area contributed by atoms with Crippen LogP contribution in [-0.4, -0.2) is 18.1 Å². The van der Waals surface area contributed by atoms with E-state index in [1.165, 1.54) is 28.8 Å². The minimum Gasteiger partial charge on any atom is -0.357 e. The second kappa shape index (κ2) is 6.37. The molecule has 1 aliphatic heterocycles. The number of nitrogens with one attached hydrogen (secondary N) is 1. The topological polar surface area (TPSA) is 28.2 Å². The molecule has 4 heteroatoms. The van der Waals surface area contributed by atoms with Crippen molar-refractivity contribution in [2.75, 3.05) is 18.0 Å². The molecule has 0 amide bonds. The van der Waals surface area contributed by atoms with E-state index in [1.807, 2.05) is 17.5 Å². The van der Waals surface area contributed by atoms with Gasteiger partial charge < -0.3 is 10.2 Å². The van der Waals surface area contributed by atoms with Crippen LogP contribution in [0.2, 0.25) is 0 Å². The van der Waals surface area contributed by atoms with E-state index in [9.17, 15) is 0 Å². The third-order valence-corrected chi connectivity index (χ3v) is 4.85.